The predicted octanol–water partition coefficient (Wildman–Crippen LogP) is 21.4. The van der Waals surface area contributed by atoms with E-state index in [0.29, 0.717) is 23.9 Å². The van der Waals surface area contributed by atoms with Gasteiger partial charge in [-0.25, -0.2) is 4.79 Å². The number of nitrogens with zero attached hydrogens (tertiary/aromatic N) is 1. The summed E-state index contributed by atoms with van der Waals surface area (Å²) in [6, 6.07) is 0. The summed E-state index contributed by atoms with van der Waals surface area (Å²) < 4.78 is 22.9. The van der Waals surface area contributed by atoms with E-state index in [1.54, 1.807) is 0 Å². The Balaban J connectivity index is 3.87. The lowest BCUT2D eigenvalue weighted by molar-refractivity contribution is -0.870. The Kier molecular flexibility index (Phi) is 61.1. The molecule has 0 aromatic rings. The largest absolute Gasteiger partial charge is 0.477 e. The number of allylic oxidation sites excluding steroid dienone is 4. The monoisotopic (exact) mass is 1130 g/mol. The van der Waals surface area contributed by atoms with Gasteiger partial charge in [0.15, 0.2) is 6.10 Å². The van der Waals surface area contributed by atoms with Crippen LogP contribution in [0.4, 0.5) is 0 Å². The van der Waals surface area contributed by atoms with E-state index in [-0.39, 0.29) is 32.2 Å². The van der Waals surface area contributed by atoms with E-state index in [9.17, 15) is 19.5 Å². The van der Waals surface area contributed by atoms with Crippen molar-refractivity contribution in [2.45, 2.75) is 367 Å². The number of hydrogen-bond acceptors (Lipinski definition) is 7. The van der Waals surface area contributed by atoms with Crippen molar-refractivity contribution in [1.29, 1.82) is 0 Å². The van der Waals surface area contributed by atoms with Crippen molar-refractivity contribution in [3.8, 4) is 0 Å². The van der Waals surface area contributed by atoms with Gasteiger partial charge >= 0.3 is 17.9 Å². The molecule has 9 nitrogen and oxygen atoms in total. The molecule has 0 aliphatic rings. The third kappa shape index (κ3) is 63.4. The number of esters is 2. The van der Waals surface area contributed by atoms with Crippen molar-refractivity contribution in [3.05, 3.63) is 24.3 Å². The summed E-state index contributed by atoms with van der Waals surface area (Å²) in [7, 11) is 5.97. The number of unbranched alkanes of at least 4 members (excludes halogenated alkanes) is 47. The van der Waals surface area contributed by atoms with Gasteiger partial charge in [0.05, 0.1) is 34.4 Å². The Labute approximate surface area is 497 Å². The summed E-state index contributed by atoms with van der Waals surface area (Å²) in [5, 5.41) is 9.71. The maximum atomic E-state index is 12.9. The van der Waals surface area contributed by atoms with Crippen LogP contribution in [0.3, 0.4) is 0 Å². The molecule has 80 heavy (non-hydrogen) atoms. The summed E-state index contributed by atoms with van der Waals surface area (Å²) in [5.41, 5.74) is 0. The standard InChI is InChI=1S/C71H135NO8/c1-6-8-10-12-14-16-18-20-22-23-24-25-26-27-28-29-30-31-32-33-34-35-36-37-38-39-40-41-42-43-44-45-46-48-49-51-53-55-57-59-61-68(73)78-65-67(66-79-71(70(75)76)77-64-63-72(3,4)5)80-69(74)62-60-58-56-54-52-50-47-21-19-17-15-13-11-9-7-2/h15,17,21,47,67,71H,6-14,16,18-20,22-46,48-66H2,1-5H3/p+1/b17-15-,47-21-. The van der Waals surface area contributed by atoms with Crippen molar-refractivity contribution in [2.75, 3.05) is 47.5 Å². The maximum Gasteiger partial charge on any atom is 0.361 e. The van der Waals surface area contributed by atoms with E-state index in [4.69, 9.17) is 18.9 Å². The van der Waals surface area contributed by atoms with Crippen LogP contribution in [0.1, 0.15) is 354 Å². The molecule has 0 rings (SSSR count). The van der Waals surface area contributed by atoms with Crippen molar-refractivity contribution in [2.24, 2.45) is 0 Å². The van der Waals surface area contributed by atoms with Gasteiger partial charge in [0.2, 0.25) is 0 Å². The van der Waals surface area contributed by atoms with Crippen molar-refractivity contribution >= 4 is 17.9 Å². The lowest BCUT2D eigenvalue weighted by Gasteiger charge is -2.25. The van der Waals surface area contributed by atoms with Crippen molar-refractivity contribution < 1.29 is 42.9 Å². The van der Waals surface area contributed by atoms with Crippen LogP contribution in [-0.4, -0.2) is 87.4 Å². The third-order valence-electron chi connectivity index (χ3n) is 16.0. The predicted molar refractivity (Wildman–Crippen MR) is 341 cm³/mol. The molecule has 0 spiro atoms. The lowest BCUT2D eigenvalue weighted by atomic mass is 10.0. The molecular formula is C71H136NO8+. The highest BCUT2D eigenvalue weighted by Gasteiger charge is 2.25. The zero-order valence-electron chi connectivity index (χ0n) is 54.0. The van der Waals surface area contributed by atoms with Gasteiger partial charge in [-0.1, -0.05) is 321 Å². The first kappa shape index (κ1) is 77.8. The average molecular weight is 1130 g/mol. The minimum atomic E-state index is -1.51. The smallest absolute Gasteiger partial charge is 0.361 e. The number of likely N-dealkylation sites (N-methyl/N-ethyl adjacent to an activating group) is 1. The zero-order chi connectivity index (χ0) is 58.3. The minimum Gasteiger partial charge on any atom is -0.477 e. The highest BCUT2D eigenvalue weighted by atomic mass is 16.7. The van der Waals surface area contributed by atoms with Crippen LogP contribution in [0.5, 0.6) is 0 Å². The van der Waals surface area contributed by atoms with Crippen molar-refractivity contribution in [3.63, 3.8) is 0 Å². The molecule has 0 aromatic carbocycles. The molecule has 472 valence electrons. The van der Waals surface area contributed by atoms with Crippen LogP contribution in [0, 0.1) is 0 Å². The Hall–Kier alpha value is -2.23. The van der Waals surface area contributed by atoms with Gasteiger partial charge in [0.25, 0.3) is 6.29 Å². The Morgan fingerprint density at radius 1 is 0.375 bits per heavy atom. The molecule has 0 amide bonds. The second-order valence-electron chi connectivity index (χ2n) is 25.2. The van der Waals surface area contributed by atoms with Gasteiger partial charge in [0.1, 0.15) is 13.2 Å². The molecule has 1 N–H and O–H groups in total. The van der Waals surface area contributed by atoms with Crippen LogP contribution < -0.4 is 0 Å². The molecule has 0 saturated heterocycles. The summed E-state index contributed by atoms with van der Waals surface area (Å²) in [4.78, 5) is 37.5. The Morgan fingerprint density at radius 3 is 1.01 bits per heavy atom. The molecule has 9 heteroatoms. The molecule has 0 aliphatic heterocycles. The molecule has 0 radical (unpaired) electrons. The number of carbonyl (C=O) groups is 3. The summed E-state index contributed by atoms with van der Waals surface area (Å²) in [5.74, 6) is -2.00. The minimum absolute atomic E-state index is 0.183. The fraction of sp³-hybridized carbons (Fsp3) is 0.901. The first-order chi connectivity index (χ1) is 39.1. The number of rotatable bonds is 66. The van der Waals surface area contributed by atoms with Crippen LogP contribution in [-0.2, 0) is 33.3 Å². The zero-order valence-corrected chi connectivity index (χ0v) is 54.0. The number of aliphatic carboxylic acids is 1. The molecule has 0 saturated carbocycles. The van der Waals surface area contributed by atoms with Crippen molar-refractivity contribution in [1.82, 2.24) is 0 Å². The molecule has 2 unspecified atom stereocenters. The highest BCUT2D eigenvalue weighted by Crippen LogP contribution is 2.19. The van der Waals surface area contributed by atoms with E-state index < -0.39 is 24.3 Å². The van der Waals surface area contributed by atoms with Crippen LogP contribution in [0.15, 0.2) is 24.3 Å². The number of carbonyl (C=O) groups excluding carboxylic acids is 2. The summed E-state index contributed by atoms with van der Waals surface area (Å²) in [6.07, 6.45) is 74.7. The molecule has 0 bridgehead atoms. The van der Waals surface area contributed by atoms with Gasteiger partial charge in [-0.15, -0.1) is 0 Å². The van der Waals surface area contributed by atoms with E-state index in [1.807, 2.05) is 21.1 Å². The second-order valence-corrected chi connectivity index (χ2v) is 25.2. The van der Waals surface area contributed by atoms with Crippen LogP contribution in [0.2, 0.25) is 0 Å². The molecule has 2 atom stereocenters. The van der Waals surface area contributed by atoms with Crippen LogP contribution >= 0.6 is 0 Å². The Bertz CT molecular complexity index is 1360. The number of carboxylic acids is 1. The van der Waals surface area contributed by atoms with Gasteiger partial charge in [-0.05, 0) is 44.9 Å². The Morgan fingerprint density at radius 2 is 0.675 bits per heavy atom. The first-order valence-corrected chi connectivity index (χ1v) is 35.0. The van der Waals surface area contributed by atoms with E-state index in [1.165, 1.54) is 263 Å². The van der Waals surface area contributed by atoms with E-state index >= 15 is 0 Å². The van der Waals surface area contributed by atoms with Gasteiger partial charge < -0.3 is 28.5 Å². The number of hydrogen-bond donors (Lipinski definition) is 1. The molecular weight excluding hydrogens is 995 g/mol. The van der Waals surface area contributed by atoms with Gasteiger partial charge in [-0.3, -0.25) is 9.59 Å². The normalized spacial score (nSPS) is 12.8. The third-order valence-corrected chi connectivity index (χ3v) is 16.0. The average Bonchev–Trinajstić information content (AvgIpc) is 3.43. The fourth-order valence-electron chi connectivity index (χ4n) is 10.6. The SMILES string of the molecule is CCCCC/C=C\C/C=C\CCCCCCCC(=O)OC(COC(=O)CCCCCCCCCCCCCCCCCCCCCCCCCCCCCCCCCCCCCCCCCC)COC(OCC[N+](C)(C)C)C(=O)O. The number of carboxylic acid groups (broad SMARTS) is 1. The molecule has 0 aromatic heterocycles. The molecule has 0 heterocycles. The lowest BCUT2D eigenvalue weighted by Crippen LogP contribution is -2.40. The van der Waals surface area contributed by atoms with Gasteiger partial charge in [0, 0.05) is 12.8 Å². The highest BCUT2D eigenvalue weighted by molar-refractivity contribution is 5.71. The molecule has 0 fully saturated rings. The first-order valence-electron chi connectivity index (χ1n) is 35.0. The maximum absolute atomic E-state index is 12.9. The topological polar surface area (TPSA) is 108 Å². The van der Waals surface area contributed by atoms with Crippen LogP contribution in [0.25, 0.3) is 0 Å². The second kappa shape index (κ2) is 62.8. The van der Waals surface area contributed by atoms with E-state index in [0.717, 1.165) is 57.8 Å². The summed E-state index contributed by atoms with van der Waals surface area (Å²) >= 11 is 0. The van der Waals surface area contributed by atoms with E-state index in [2.05, 4.69) is 38.2 Å². The quantitative estimate of drug-likeness (QED) is 0.0211. The number of ether oxygens (including phenoxy) is 4. The summed E-state index contributed by atoms with van der Waals surface area (Å²) in [6.45, 7) is 4.89. The fourth-order valence-corrected chi connectivity index (χ4v) is 10.6. The number of quaternary nitrogens is 1. The van der Waals surface area contributed by atoms with Gasteiger partial charge in [-0.2, -0.15) is 0 Å². The molecule has 0 aliphatic carbocycles.